The Morgan fingerprint density at radius 1 is 0.600 bits per heavy atom. The van der Waals surface area contributed by atoms with E-state index < -0.39 is 15.8 Å². The summed E-state index contributed by atoms with van der Waals surface area (Å²) in [6.07, 6.45) is 1.47. The molecule has 1 saturated heterocycles. The molecule has 0 aromatic heterocycles. The summed E-state index contributed by atoms with van der Waals surface area (Å²) in [6.45, 7) is 5.30. The fourth-order valence-corrected chi connectivity index (χ4v) is 11.5. The van der Waals surface area contributed by atoms with E-state index in [1.54, 1.807) is 0 Å². The van der Waals surface area contributed by atoms with E-state index in [1.165, 1.54) is 27.3 Å². The number of hydrogen-bond acceptors (Lipinski definition) is 1. The minimum absolute atomic E-state index is 0.0321. The first-order chi connectivity index (χ1) is 17.3. The number of benzene rings is 4. The summed E-state index contributed by atoms with van der Waals surface area (Å²) in [5.74, 6) is 0.0321. The number of hydrogen-bond donors (Lipinski definition) is 0. The quantitative estimate of drug-likeness (QED) is 0.262. The van der Waals surface area contributed by atoms with Gasteiger partial charge >= 0.3 is 0 Å². The number of nitrogens with zero attached hydrogens (tertiary/aromatic N) is 1. The average molecular weight is 494 g/mol. The third-order valence-corrected chi connectivity index (χ3v) is 12.6. The zero-order valence-electron chi connectivity index (χ0n) is 19.7. The molecule has 0 N–H and O–H groups in total. The van der Waals surface area contributed by atoms with E-state index in [9.17, 15) is 4.79 Å². The van der Waals surface area contributed by atoms with Crippen molar-refractivity contribution in [3.05, 3.63) is 134 Å². The van der Waals surface area contributed by atoms with Crippen LogP contribution >= 0.6 is 15.8 Å². The standard InChI is InChI=1S/C31H29NOP2/c1-2-31(33)32-23-29(34(25-15-7-3-8-16-25)26-17-9-4-10-18-26)30(24-32)35(27-19-11-5-12-20-27)28-21-13-6-14-22-28/h2-22,29-30H,1,23-24H2/t29-,30-/m1/s1. The number of carbonyl (C=O) groups is 1. The highest BCUT2D eigenvalue weighted by Gasteiger charge is 2.44. The minimum atomic E-state index is -0.673. The Kier molecular flexibility index (Phi) is 7.53. The van der Waals surface area contributed by atoms with Crippen LogP contribution in [0.5, 0.6) is 0 Å². The minimum Gasteiger partial charge on any atom is -0.338 e. The molecule has 0 bridgehead atoms. The van der Waals surface area contributed by atoms with Crippen LogP contribution in [-0.4, -0.2) is 35.2 Å². The van der Waals surface area contributed by atoms with Crippen molar-refractivity contribution in [2.24, 2.45) is 0 Å². The zero-order chi connectivity index (χ0) is 24.0. The molecule has 4 aromatic rings. The molecule has 5 rings (SSSR count). The molecule has 0 aliphatic carbocycles. The lowest BCUT2D eigenvalue weighted by Crippen LogP contribution is -2.34. The maximum atomic E-state index is 12.9. The van der Waals surface area contributed by atoms with Crippen LogP contribution in [0.25, 0.3) is 0 Å². The molecular formula is C31H29NOP2. The molecule has 1 aliphatic heterocycles. The molecule has 0 saturated carbocycles. The molecule has 1 amide bonds. The summed E-state index contributed by atoms with van der Waals surface area (Å²) >= 11 is 0. The van der Waals surface area contributed by atoms with Crippen molar-refractivity contribution in [2.75, 3.05) is 13.1 Å². The molecule has 1 fully saturated rings. The van der Waals surface area contributed by atoms with E-state index in [1.807, 2.05) is 4.90 Å². The predicted octanol–water partition coefficient (Wildman–Crippen LogP) is 5.02. The molecule has 2 nitrogen and oxygen atoms in total. The first-order valence-electron chi connectivity index (χ1n) is 12.0. The molecule has 174 valence electrons. The number of rotatable bonds is 7. The molecule has 0 radical (unpaired) electrons. The fourth-order valence-electron chi connectivity index (χ4n) is 5.00. The van der Waals surface area contributed by atoms with Crippen molar-refractivity contribution in [3.8, 4) is 0 Å². The lowest BCUT2D eigenvalue weighted by molar-refractivity contribution is -0.124. The second kappa shape index (κ2) is 11.1. The fraction of sp³-hybridized carbons (Fsp3) is 0.129. The molecule has 1 heterocycles. The Morgan fingerprint density at radius 3 is 1.14 bits per heavy atom. The summed E-state index contributed by atoms with van der Waals surface area (Å²) in [7, 11) is -1.35. The maximum Gasteiger partial charge on any atom is 0.245 e. The largest absolute Gasteiger partial charge is 0.338 e. The van der Waals surface area contributed by atoms with Gasteiger partial charge in [0, 0.05) is 24.4 Å². The van der Waals surface area contributed by atoms with Gasteiger partial charge in [-0.25, -0.2) is 0 Å². The van der Waals surface area contributed by atoms with Gasteiger partial charge in [-0.3, -0.25) is 4.79 Å². The van der Waals surface area contributed by atoms with Gasteiger partial charge in [-0.1, -0.05) is 128 Å². The van der Waals surface area contributed by atoms with Gasteiger partial charge in [-0.2, -0.15) is 0 Å². The normalized spacial score (nSPS) is 17.6. The highest BCUT2D eigenvalue weighted by atomic mass is 31.1. The van der Waals surface area contributed by atoms with Crippen molar-refractivity contribution >= 4 is 43.0 Å². The van der Waals surface area contributed by atoms with Crippen molar-refractivity contribution in [1.29, 1.82) is 0 Å². The molecule has 2 atom stereocenters. The third-order valence-electron chi connectivity index (χ3n) is 6.55. The van der Waals surface area contributed by atoms with Crippen molar-refractivity contribution < 1.29 is 4.79 Å². The summed E-state index contributed by atoms with van der Waals surface area (Å²) in [6, 6.07) is 43.6. The predicted molar refractivity (Wildman–Crippen MR) is 152 cm³/mol. The van der Waals surface area contributed by atoms with Gasteiger partial charge in [0.2, 0.25) is 5.91 Å². The zero-order valence-corrected chi connectivity index (χ0v) is 21.4. The van der Waals surface area contributed by atoms with Crippen molar-refractivity contribution in [1.82, 2.24) is 4.90 Å². The lowest BCUT2D eigenvalue weighted by atomic mass is 10.3. The summed E-state index contributed by atoms with van der Waals surface area (Å²) in [4.78, 5) is 15.0. The van der Waals surface area contributed by atoms with E-state index >= 15 is 0 Å². The Labute approximate surface area is 210 Å². The highest BCUT2D eigenvalue weighted by Crippen LogP contribution is 2.54. The number of likely N-dealkylation sites (tertiary alicyclic amines) is 1. The first kappa shape index (κ1) is 23.7. The monoisotopic (exact) mass is 493 g/mol. The lowest BCUT2D eigenvalue weighted by Gasteiger charge is -2.34. The molecule has 0 unspecified atom stereocenters. The number of amides is 1. The van der Waals surface area contributed by atoms with Gasteiger partial charge in [-0.15, -0.1) is 0 Å². The summed E-state index contributed by atoms with van der Waals surface area (Å²) < 4.78 is 0. The average Bonchev–Trinajstić information content (AvgIpc) is 3.35. The van der Waals surface area contributed by atoms with Gasteiger partial charge in [-0.05, 0) is 43.1 Å². The Morgan fingerprint density at radius 2 is 0.886 bits per heavy atom. The van der Waals surface area contributed by atoms with Gasteiger partial charge in [0.15, 0.2) is 0 Å². The summed E-state index contributed by atoms with van der Waals surface area (Å²) in [5, 5.41) is 5.47. The second-order valence-corrected chi connectivity index (χ2v) is 13.5. The Bertz CT molecular complexity index is 1080. The van der Waals surface area contributed by atoms with Crippen LogP contribution in [0.3, 0.4) is 0 Å². The smallest absolute Gasteiger partial charge is 0.245 e. The SMILES string of the molecule is C=CC(=O)N1C[C@@H](P(c2ccccc2)c2ccccc2)[C@H](P(c2ccccc2)c2ccccc2)C1. The van der Waals surface area contributed by atoms with E-state index in [-0.39, 0.29) is 5.91 Å². The van der Waals surface area contributed by atoms with Crippen LogP contribution in [0.4, 0.5) is 0 Å². The van der Waals surface area contributed by atoms with Crippen LogP contribution in [0.1, 0.15) is 0 Å². The van der Waals surface area contributed by atoms with Crippen LogP contribution in [0, 0.1) is 0 Å². The van der Waals surface area contributed by atoms with Crippen LogP contribution in [0.2, 0.25) is 0 Å². The molecule has 4 aromatic carbocycles. The molecule has 35 heavy (non-hydrogen) atoms. The summed E-state index contributed by atoms with van der Waals surface area (Å²) in [5.41, 5.74) is 0.676. The maximum absolute atomic E-state index is 12.9. The molecular weight excluding hydrogens is 464 g/mol. The molecule has 4 heteroatoms. The van der Waals surface area contributed by atoms with E-state index in [2.05, 4.69) is 128 Å². The van der Waals surface area contributed by atoms with E-state index in [4.69, 9.17) is 0 Å². The Balaban J connectivity index is 1.67. The van der Waals surface area contributed by atoms with Gasteiger partial charge < -0.3 is 4.90 Å². The topological polar surface area (TPSA) is 20.3 Å². The van der Waals surface area contributed by atoms with Crippen LogP contribution < -0.4 is 21.2 Å². The van der Waals surface area contributed by atoms with E-state index in [0.29, 0.717) is 11.3 Å². The van der Waals surface area contributed by atoms with Crippen LogP contribution in [0.15, 0.2) is 134 Å². The molecule has 1 aliphatic rings. The van der Waals surface area contributed by atoms with Crippen molar-refractivity contribution in [3.63, 3.8) is 0 Å². The van der Waals surface area contributed by atoms with Gasteiger partial charge in [0.1, 0.15) is 0 Å². The first-order valence-corrected chi connectivity index (χ1v) is 14.8. The number of carbonyl (C=O) groups excluding carboxylic acids is 1. The highest BCUT2D eigenvalue weighted by molar-refractivity contribution is 7.77. The van der Waals surface area contributed by atoms with Crippen LogP contribution in [-0.2, 0) is 4.79 Å². The second-order valence-electron chi connectivity index (χ2n) is 8.66. The Hall–Kier alpha value is -3.05. The van der Waals surface area contributed by atoms with Crippen molar-refractivity contribution in [2.45, 2.75) is 11.3 Å². The molecule has 0 spiro atoms. The van der Waals surface area contributed by atoms with E-state index in [0.717, 1.165) is 13.1 Å². The van der Waals surface area contributed by atoms with Gasteiger partial charge in [0.05, 0.1) is 0 Å². The van der Waals surface area contributed by atoms with Gasteiger partial charge in [0.25, 0.3) is 0 Å². The third kappa shape index (κ3) is 5.15.